The minimum Gasteiger partial charge on any atom is -0.354 e. The lowest BCUT2D eigenvalue weighted by Gasteiger charge is -2.34. The van der Waals surface area contributed by atoms with Crippen LogP contribution in [0.3, 0.4) is 0 Å². The quantitative estimate of drug-likeness (QED) is 0.388. The number of piperidine rings is 1. The molecule has 4 aromatic heterocycles. The average molecular weight is 487 g/mol. The summed E-state index contributed by atoms with van der Waals surface area (Å²) in [5.74, 6) is 2.40. The van der Waals surface area contributed by atoms with E-state index in [4.69, 9.17) is 4.98 Å². The highest BCUT2D eigenvalue weighted by atomic mass is 32.1. The first kappa shape index (κ1) is 21.6. The van der Waals surface area contributed by atoms with Gasteiger partial charge in [-0.1, -0.05) is 18.2 Å². The molecule has 1 saturated heterocycles. The number of hydrogen-bond acceptors (Lipinski definition) is 7. The van der Waals surface area contributed by atoms with E-state index in [-0.39, 0.29) is 11.9 Å². The molecule has 0 saturated carbocycles. The van der Waals surface area contributed by atoms with Gasteiger partial charge in [0, 0.05) is 54.8 Å². The van der Waals surface area contributed by atoms with Crippen molar-refractivity contribution in [3.63, 3.8) is 0 Å². The van der Waals surface area contributed by atoms with Crippen molar-refractivity contribution in [1.29, 1.82) is 0 Å². The second kappa shape index (κ2) is 8.70. The molecule has 0 radical (unpaired) electrons. The van der Waals surface area contributed by atoms with E-state index in [0.717, 1.165) is 63.1 Å². The summed E-state index contributed by atoms with van der Waals surface area (Å²) >= 11 is 1.54. The van der Waals surface area contributed by atoms with Gasteiger partial charge in [0.25, 0.3) is 5.91 Å². The Bertz CT molecular complexity index is 1480. The standard InChI is InChI=1S/C25H26N8OS/c1-16-12-21(30-31(16)2)28-24-14-23(29-22-9-10-26-33(22)24)32-11-5-7-18(15-32)27-25(34)20-13-17-6-3-4-8-19(17)35-20/h3-4,6,8-10,12-14,18H,5,7,11,15H2,1-2H3,(H,27,34)(H,28,30). The lowest BCUT2D eigenvalue weighted by Crippen LogP contribution is -2.48. The SMILES string of the molecule is Cc1cc(Nc2cc(N3CCCC(NC(=O)c4cc5ccccc5s4)C3)nc3ccnn23)nn1C. The Morgan fingerprint density at radius 1 is 1.17 bits per heavy atom. The summed E-state index contributed by atoms with van der Waals surface area (Å²) in [7, 11) is 1.92. The van der Waals surface area contributed by atoms with Gasteiger partial charge in [-0.15, -0.1) is 11.3 Å². The van der Waals surface area contributed by atoms with Gasteiger partial charge in [0.1, 0.15) is 11.6 Å². The lowest BCUT2D eigenvalue weighted by molar-refractivity contribution is 0.0937. The van der Waals surface area contributed by atoms with E-state index in [2.05, 4.69) is 31.8 Å². The van der Waals surface area contributed by atoms with Crippen LogP contribution in [0.1, 0.15) is 28.2 Å². The number of anilines is 3. The van der Waals surface area contributed by atoms with Crippen LogP contribution in [0, 0.1) is 6.92 Å². The highest BCUT2D eigenvalue weighted by Gasteiger charge is 2.24. The number of aryl methyl sites for hydroxylation is 2. The molecule has 2 N–H and O–H groups in total. The van der Waals surface area contributed by atoms with Gasteiger partial charge in [0.15, 0.2) is 11.5 Å². The van der Waals surface area contributed by atoms with Crippen molar-refractivity contribution in [2.45, 2.75) is 25.8 Å². The van der Waals surface area contributed by atoms with Crippen molar-refractivity contribution in [1.82, 2.24) is 29.7 Å². The van der Waals surface area contributed by atoms with Gasteiger partial charge in [-0.05, 0) is 37.3 Å². The van der Waals surface area contributed by atoms with Crippen molar-refractivity contribution < 1.29 is 4.79 Å². The molecule has 35 heavy (non-hydrogen) atoms. The molecule has 1 aliphatic rings. The Hall–Kier alpha value is -3.92. The predicted molar refractivity (Wildman–Crippen MR) is 139 cm³/mol. The molecule has 1 aromatic carbocycles. The number of nitrogens with zero attached hydrogens (tertiary/aromatic N) is 6. The summed E-state index contributed by atoms with van der Waals surface area (Å²) in [5.41, 5.74) is 1.82. The number of carbonyl (C=O) groups is 1. The van der Waals surface area contributed by atoms with Crippen molar-refractivity contribution >= 4 is 50.4 Å². The second-order valence-electron chi connectivity index (χ2n) is 8.93. The Balaban J connectivity index is 1.22. The van der Waals surface area contributed by atoms with E-state index >= 15 is 0 Å². The number of amides is 1. The molecule has 1 atom stereocenters. The minimum absolute atomic E-state index is 0.00914. The van der Waals surface area contributed by atoms with Gasteiger partial charge in [-0.2, -0.15) is 14.7 Å². The maximum absolute atomic E-state index is 13.0. The number of rotatable bonds is 5. The summed E-state index contributed by atoms with van der Waals surface area (Å²) in [4.78, 5) is 20.8. The normalized spacial score (nSPS) is 16.2. The molecule has 10 heteroatoms. The second-order valence-corrected chi connectivity index (χ2v) is 10.0. The highest BCUT2D eigenvalue weighted by Crippen LogP contribution is 2.27. The van der Waals surface area contributed by atoms with Crippen molar-refractivity contribution in [3.05, 3.63) is 65.3 Å². The molecule has 5 aromatic rings. The fourth-order valence-electron chi connectivity index (χ4n) is 4.56. The Morgan fingerprint density at radius 2 is 2.06 bits per heavy atom. The Morgan fingerprint density at radius 3 is 2.89 bits per heavy atom. The van der Waals surface area contributed by atoms with Crippen LogP contribution in [0.4, 0.5) is 17.5 Å². The fraction of sp³-hybridized carbons (Fsp3) is 0.280. The zero-order chi connectivity index (χ0) is 23.9. The van der Waals surface area contributed by atoms with Gasteiger partial charge >= 0.3 is 0 Å². The Kier molecular flexibility index (Phi) is 5.37. The van der Waals surface area contributed by atoms with Gasteiger partial charge < -0.3 is 15.5 Å². The summed E-state index contributed by atoms with van der Waals surface area (Å²) in [5, 5.41) is 16.7. The van der Waals surface area contributed by atoms with Gasteiger partial charge in [-0.25, -0.2) is 4.98 Å². The maximum atomic E-state index is 13.0. The summed E-state index contributed by atoms with van der Waals surface area (Å²) in [6.45, 7) is 3.60. The molecule has 5 heterocycles. The lowest BCUT2D eigenvalue weighted by atomic mass is 10.1. The molecule has 0 spiro atoms. The molecule has 0 bridgehead atoms. The number of aromatic nitrogens is 5. The largest absolute Gasteiger partial charge is 0.354 e. The summed E-state index contributed by atoms with van der Waals surface area (Å²) < 4.78 is 4.74. The number of thiophene rings is 1. The molecule has 1 unspecified atom stereocenters. The molecule has 178 valence electrons. The highest BCUT2D eigenvalue weighted by molar-refractivity contribution is 7.20. The molecular formula is C25H26N8OS. The van der Waals surface area contributed by atoms with Crippen LogP contribution in [0.2, 0.25) is 0 Å². The third kappa shape index (κ3) is 4.21. The van der Waals surface area contributed by atoms with Crippen LogP contribution in [-0.4, -0.2) is 49.4 Å². The topological polar surface area (TPSA) is 92.4 Å². The first-order valence-corrected chi connectivity index (χ1v) is 12.5. The minimum atomic E-state index is -0.00914. The van der Waals surface area contributed by atoms with E-state index in [9.17, 15) is 4.79 Å². The van der Waals surface area contributed by atoms with Crippen LogP contribution in [0.25, 0.3) is 15.7 Å². The van der Waals surface area contributed by atoms with Gasteiger partial charge in [-0.3, -0.25) is 9.48 Å². The van der Waals surface area contributed by atoms with E-state index in [1.165, 1.54) is 11.3 Å². The first-order valence-electron chi connectivity index (χ1n) is 11.7. The first-order chi connectivity index (χ1) is 17.0. The van der Waals surface area contributed by atoms with Crippen LogP contribution in [0.15, 0.2) is 54.7 Å². The van der Waals surface area contributed by atoms with Crippen LogP contribution >= 0.6 is 11.3 Å². The van der Waals surface area contributed by atoms with Gasteiger partial charge in [0.2, 0.25) is 0 Å². The molecule has 9 nitrogen and oxygen atoms in total. The number of nitrogens with one attached hydrogen (secondary N) is 2. The van der Waals surface area contributed by atoms with Crippen LogP contribution in [-0.2, 0) is 7.05 Å². The molecular weight excluding hydrogens is 460 g/mol. The molecule has 1 fully saturated rings. The number of carbonyl (C=O) groups excluding carboxylic acids is 1. The van der Waals surface area contributed by atoms with Crippen molar-refractivity contribution in [2.75, 3.05) is 23.3 Å². The Labute approximate surface area is 206 Å². The third-order valence-electron chi connectivity index (χ3n) is 6.45. The zero-order valence-electron chi connectivity index (χ0n) is 19.6. The number of benzene rings is 1. The fourth-order valence-corrected chi connectivity index (χ4v) is 5.52. The number of fused-ring (bicyclic) bond motifs is 2. The molecule has 1 aliphatic heterocycles. The average Bonchev–Trinajstić information content (AvgIpc) is 3.58. The molecule has 1 amide bonds. The smallest absolute Gasteiger partial charge is 0.261 e. The van der Waals surface area contributed by atoms with E-state index in [0.29, 0.717) is 6.54 Å². The molecule has 6 rings (SSSR count). The van der Waals surface area contributed by atoms with E-state index in [1.807, 2.05) is 61.1 Å². The zero-order valence-corrected chi connectivity index (χ0v) is 20.4. The van der Waals surface area contributed by atoms with Crippen molar-refractivity contribution in [2.24, 2.45) is 7.05 Å². The van der Waals surface area contributed by atoms with Crippen LogP contribution in [0.5, 0.6) is 0 Å². The van der Waals surface area contributed by atoms with Crippen molar-refractivity contribution in [3.8, 4) is 0 Å². The van der Waals surface area contributed by atoms with E-state index < -0.39 is 0 Å². The predicted octanol–water partition coefficient (Wildman–Crippen LogP) is 4.13. The maximum Gasteiger partial charge on any atom is 0.261 e. The van der Waals surface area contributed by atoms with Crippen LogP contribution < -0.4 is 15.5 Å². The van der Waals surface area contributed by atoms with E-state index in [1.54, 1.807) is 10.7 Å². The summed E-state index contributed by atoms with van der Waals surface area (Å²) in [6, 6.07) is 16.0. The third-order valence-corrected chi connectivity index (χ3v) is 7.56. The number of hydrogen-bond donors (Lipinski definition) is 2. The monoisotopic (exact) mass is 486 g/mol. The molecule has 0 aliphatic carbocycles. The summed E-state index contributed by atoms with van der Waals surface area (Å²) in [6.07, 6.45) is 3.66. The van der Waals surface area contributed by atoms with Gasteiger partial charge in [0.05, 0.1) is 11.1 Å².